The fourth-order valence-electron chi connectivity index (χ4n) is 0.677. The van der Waals surface area contributed by atoms with Gasteiger partial charge in [0.05, 0.1) is 0 Å². The van der Waals surface area contributed by atoms with E-state index in [4.69, 9.17) is 14.0 Å². The summed E-state index contributed by atoms with van der Waals surface area (Å²) in [5.41, 5.74) is 0. The normalized spacial score (nSPS) is 12.2. The molecule has 0 rings (SSSR count). The van der Waals surface area contributed by atoms with Crippen molar-refractivity contribution in [3.63, 3.8) is 0 Å². The molecule has 78 valence electrons. The minimum Gasteiger partial charge on any atom is -0.518 e. The quantitative estimate of drug-likeness (QED) is 0.584. The molecule has 0 amide bonds. The van der Waals surface area contributed by atoms with Crippen LogP contribution in [0.4, 0.5) is 0 Å². The molecule has 5 heteroatoms. The zero-order valence-corrected chi connectivity index (χ0v) is 11.3. The monoisotopic (exact) mass is 220 g/mol. The van der Waals surface area contributed by atoms with Gasteiger partial charge >= 0.3 is 0 Å². The first-order valence-corrected chi connectivity index (χ1v) is 11.2. The lowest BCUT2D eigenvalue weighted by atomic mass is 11.0. The van der Waals surface area contributed by atoms with Gasteiger partial charge in [0.1, 0.15) is 0 Å². The van der Waals surface area contributed by atoms with Gasteiger partial charge in [-0.15, -0.1) is 0 Å². The van der Waals surface area contributed by atoms with E-state index in [1.54, 1.807) is 0 Å². The van der Waals surface area contributed by atoms with Gasteiger partial charge in [-0.3, -0.25) is 0 Å². The Morgan fingerprint density at radius 3 is 1.38 bits per heavy atom. The molecule has 0 unspecified atom stereocenters. The van der Waals surface area contributed by atoms with Crippen LogP contribution in [0, 0.1) is 0 Å². The molecule has 0 radical (unpaired) electrons. The lowest BCUT2D eigenvalue weighted by Gasteiger charge is -2.26. The van der Waals surface area contributed by atoms with E-state index >= 15 is 0 Å². The molecule has 0 bridgehead atoms. The topological polar surface area (TPSA) is 38.7 Å². The number of aliphatic hydroxyl groups is 1. The summed E-state index contributed by atoms with van der Waals surface area (Å²) in [6.45, 7) is 12.3. The molecule has 0 aliphatic rings. The molecule has 13 heavy (non-hydrogen) atoms. The predicted octanol–water partition coefficient (Wildman–Crippen LogP) is 3.05. The third-order valence-electron chi connectivity index (χ3n) is 0.919. The van der Waals surface area contributed by atoms with Gasteiger partial charge in [0, 0.05) is 0 Å². The average molecular weight is 220 g/mol. The molecular weight excluding hydrogens is 200 g/mol. The van der Waals surface area contributed by atoms with Gasteiger partial charge in [-0.25, -0.2) is 0 Å². The van der Waals surface area contributed by atoms with Crippen molar-refractivity contribution in [3.05, 3.63) is 12.2 Å². The Hall–Kier alpha value is -0.426. The number of aliphatic hydroxyl groups excluding tert-OH is 1. The first kappa shape index (κ1) is 12.6. The van der Waals surface area contributed by atoms with Crippen LogP contribution < -0.4 is 0 Å². The summed E-state index contributed by atoms with van der Waals surface area (Å²) in [4.78, 5) is 0. The second kappa shape index (κ2) is 4.19. The lowest BCUT2D eigenvalue weighted by Crippen LogP contribution is -2.31. The average Bonchev–Trinajstić information content (AvgIpc) is 1.79. The Bertz CT molecular complexity index is 171. The Morgan fingerprint density at radius 1 is 0.923 bits per heavy atom. The van der Waals surface area contributed by atoms with E-state index in [1.165, 1.54) is 0 Å². The number of hydrogen-bond donors (Lipinski definition) is 1. The van der Waals surface area contributed by atoms with E-state index < -0.39 is 16.6 Å². The summed E-state index contributed by atoms with van der Waals surface area (Å²) < 4.78 is 11.1. The summed E-state index contributed by atoms with van der Waals surface area (Å²) in [5.74, 6) is 0.276. The van der Waals surface area contributed by atoms with E-state index in [9.17, 15) is 0 Å². The van der Waals surface area contributed by atoms with Crippen molar-refractivity contribution in [1.82, 2.24) is 0 Å². The Kier molecular flexibility index (Phi) is 4.05. The second-order valence-electron chi connectivity index (χ2n) is 4.88. The third-order valence-corrected chi connectivity index (χ3v) is 2.55. The van der Waals surface area contributed by atoms with Crippen LogP contribution in [-0.4, -0.2) is 21.7 Å². The maximum Gasteiger partial charge on any atom is 0.287 e. The predicted molar refractivity (Wildman–Crippen MR) is 59.6 cm³/mol. The highest BCUT2D eigenvalue weighted by atomic mass is 28.4. The number of rotatable bonds is 4. The first-order chi connectivity index (χ1) is 5.64. The molecule has 0 saturated carbocycles. The summed E-state index contributed by atoms with van der Waals surface area (Å²) >= 11 is 0. The van der Waals surface area contributed by atoms with Gasteiger partial charge in [0.15, 0.2) is 6.26 Å². The van der Waals surface area contributed by atoms with Crippen LogP contribution in [0.5, 0.6) is 0 Å². The van der Waals surface area contributed by atoms with Crippen molar-refractivity contribution < 1.29 is 14.0 Å². The van der Waals surface area contributed by atoms with Gasteiger partial charge in [-0.2, -0.15) is 0 Å². The zero-order chi connectivity index (χ0) is 10.7. The molecular formula is C8H20O3Si2. The fraction of sp³-hybridized carbons (Fsp3) is 0.750. The van der Waals surface area contributed by atoms with Crippen molar-refractivity contribution in [2.45, 2.75) is 39.3 Å². The maximum atomic E-state index is 8.89. The number of hydrogen-bond acceptors (Lipinski definition) is 3. The Labute approximate surface area is 82.6 Å². The highest BCUT2D eigenvalue weighted by Gasteiger charge is 2.23. The molecule has 0 aliphatic heterocycles. The van der Waals surface area contributed by atoms with Gasteiger partial charge in [-0.1, -0.05) is 0 Å². The molecule has 0 atom stereocenters. The van der Waals surface area contributed by atoms with E-state index in [2.05, 4.69) is 0 Å². The SMILES string of the molecule is C[Si](C)(C)OC(=CO)O[Si](C)(C)C. The van der Waals surface area contributed by atoms with Crippen molar-refractivity contribution in [2.24, 2.45) is 0 Å². The molecule has 0 saturated heterocycles. The van der Waals surface area contributed by atoms with Crippen LogP contribution in [0.1, 0.15) is 0 Å². The molecule has 0 aromatic rings. The van der Waals surface area contributed by atoms with Crippen LogP contribution in [0.2, 0.25) is 39.3 Å². The highest BCUT2D eigenvalue weighted by Crippen LogP contribution is 2.16. The largest absolute Gasteiger partial charge is 0.518 e. The molecule has 0 aromatic heterocycles. The molecule has 1 N–H and O–H groups in total. The Morgan fingerprint density at radius 2 is 1.23 bits per heavy atom. The van der Waals surface area contributed by atoms with Crippen molar-refractivity contribution in [2.75, 3.05) is 0 Å². The summed E-state index contributed by atoms with van der Waals surface area (Å²) in [7, 11) is -3.34. The van der Waals surface area contributed by atoms with Crippen molar-refractivity contribution in [3.8, 4) is 0 Å². The van der Waals surface area contributed by atoms with Crippen LogP contribution >= 0.6 is 0 Å². The fourth-order valence-corrected chi connectivity index (χ4v) is 2.16. The molecule has 0 fully saturated rings. The smallest absolute Gasteiger partial charge is 0.287 e. The summed E-state index contributed by atoms with van der Waals surface area (Å²) in [6.07, 6.45) is 0.913. The minimum absolute atomic E-state index is 0.276. The van der Waals surface area contributed by atoms with Crippen LogP contribution in [0.3, 0.4) is 0 Å². The first-order valence-electron chi connectivity index (χ1n) is 4.36. The van der Waals surface area contributed by atoms with Crippen LogP contribution in [0.15, 0.2) is 12.2 Å². The molecule has 0 aliphatic carbocycles. The lowest BCUT2D eigenvalue weighted by molar-refractivity contribution is 0.196. The molecule has 3 nitrogen and oxygen atoms in total. The third kappa shape index (κ3) is 7.92. The van der Waals surface area contributed by atoms with E-state index in [0.29, 0.717) is 0 Å². The van der Waals surface area contributed by atoms with Crippen LogP contribution in [0.25, 0.3) is 0 Å². The van der Waals surface area contributed by atoms with Gasteiger partial charge in [-0.05, 0) is 39.3 Å². The standard InChI is InChI=1S/C8H20O3Si2/c1-12(2,3)10-8(7-9)11-13(4,5)6/h7,9H,1-6H3. The summed E-state index contributed by atoms with van der Waals surface area (Å²) in [5, 5.41) is 8.89. The van der Waals surface area contributed by atoms with Crippen molar-refractivity contribution >= 4 is 16.6 Å². The van der Waals surface area contributed by atoms with Crippen molar-refractivity contribution in [1.29, 1.82) is 0 Å². The van der Waals surface area contributed by atoms with Crippen LogP contribution in [-0.2, 0) is 8.85 Å². The van der Waals surface area contributed by atoms with E-state index in [1.807, 2.05) is 39.3 Å². The zero-order valence-electron chi connectivity index (χ0n) is 9.34. The molecule has 0 heterocycles. The summed E-state index contributed by atoms with van der Waals surface area (Å²) in [6, 6.07) is 0. The highest BCUT2D eigenvalue weighted by molar-refractivity contribution is 6.71. The van der Waals surface area contributed by atoms with E-state index in [0.717, 1.165) is 6.26 Å². The van der Waals surface area contributed by atoms with Gasteiger partial charge < -0.3 is 14.0 Å². The van der Waals surface area contributed by atoms with E-state index in [-0.39, 0.29) is 5.95 Å². The minimum atomic E-state index is -1.67. The molecule has 0 aromatic carbocycles. The second-order valence-corrected chi connectivity index (χ2v) is 13.7. The molecule has 0 spiro atoms. The van der Waals surface area contributed by atoms with Gasteiger partial charge in [0.2, 0.25) is 16.6 Å². The maximum absolute atomic E-state index is 8.89. The van der Waals surface area contributed by atoms with Gasteiger partial charge in [0.25, 0.3) is 5.95 Å². The Balaban J connectivity index is 4.24.